The van der Waals surface area contributed by atoms with Gasteiger partial charge in [-0.3, -0.25) is 0 Å². The van der Waals surface area contributed by atoms with Gasteiger partial charge in [0.25, 0.3) is 4.38 Å². The number of thioether (sulfide) groups is 3. The largest absolute Gasteiger partial charge is 1.00 e. The van der Waals surface area contributed by atoms with Crippen LogP contribution in [-0.2, 0) is 11.0 Å². The second kappa shape index (κ2) is 9.48. The lowest BCUT2D eigenvalue weighted by molar-refractivity contribution is -0.433. The van der Waals surface area contributed by atoms with E-state index in [0.29, 0.717) is 23.7 Å². The summed E-state index contributed by atoms with van der Waals surface area (Å²) in [6, 6.07) is 3.80. The number of carbonyl (C=O) groups is 1. The number of benzene rings is 1. The summed E-state index contributed by atoms with van der Waals surface area (Å²) in [5.41, 5.74) is -0.0989. The molecule has 0 radical (unpaired) electrons. The Morgan fingerprint density at radius 2 is 1.93 bits per heavy atom. The number of nitrogens with zero attached hydrogens (tertiary/aromatic N) is 2. The normalized spacial score (nSPS) is 19.6. The molecule has 0 unspecified atom stereocenters. The molecule has 3 rings (SSSR count). The van der Waals surface area contributed by atoms with Gasteiger partial charge < -0.3 is 28.9 Å². The molecule has 1 aromatic rings. The minimum absolute atomic E-state index is 0. The number of hydrogen-bond acceptors (Lipinski definition) is 5. The van der Waals surface area contributed by atoms with E-state index in [9.17, 15) is 18.0 Å². The Labute approximate surface area is 191 Å². The van der Waals surface area contributed by atoms with Gasteiger partial charge in [-0.25, -0.2) is 4.79 Å². The predicted molar refractivity (Wildman–Crippen MR) is 108 cm³/mol. The van der Waals surface area contributed by atoms with Gasteiger partial charge in [0.05, 0.1) is 16.3 Å². The Morgan fingerprint density at radius 3 is 2.46 bits per heavy atom. The van der Waals surface area contributed by atoms with Crippen molar-refractivity contribution in [1.29, 1.82) is 0 Å². The van der Waals surface area contributed by atoms with Crippen molar-refractivity contribution >= 4 is 51.3 Å². The van der Waals surface area contributed by atoms with Crippen LogP contribution in [0.5, 0.6) is 0 Å². The highest BCUT2D eigenvalue weighted by atomic mass is 127. The summed E-state index contributed by atoms with van der Waals surface area (Å²) >= 11 is 4.37. The number of rotatable bonds is 3. The fourth-order valence-corrected chi connectivity index (χ4v) is 5.80. The van der Waals surface area contributed by atoms with E-state index in [1.165, 1.54) is 47.4 Å². The Bertz CT molecular complexity index is 881. The van der Waals surface area contributed by atoms with Gasteiger partial charge in [-0.1, -0.05) is 23.5 Å². The van der Waals surface area contributed by atoms with Gasteiger partial charge in [0, 0.05) is 11.4 Å². The maximum atomic E-state index is 13.0. The van der Waals surface area contributed by atoms with E-state index in [0.717, 1.165) is 20.4 Å². The fraction of sp³-hybridized carbons (Fsp3) is 0.333. The summed E-state index contributed by atoms with van der Waals surface area (Å²) in [7, 11) is 0. The molecule has 0 spiro atoms. The van der Waals surface area contributed by atoms with Crippen LogP contribution in [0, 0.1) is 0 Å². The van der Waals surface area contributed by atoms with Crippen molar-refractivity contribution < 1.29 is 46.5 Å². The Balaban J connectivity index is 0.00000280. The third-order valence-corrected chi connectivity index (χ3v) is 7.49. The van der Waals surface area contributed by atoms with E-state index in [1.54, 1.807) is 10.7 Å². The first-order valence-electron chi connectivity index (χ1n) is 8.29. The predicted octanol–water partition coefficient (Wildman–Crippen LogP) is 2.39. The molecule has 2 aliphatic heterocycles. The molecule has 1 amide bonds. The summed E-state index contributed by atoms with van der Waals surface area (Å²) in [5, 5.41) is 0.813. The maximum absolute atomic E-state index is 13.0. The van der Waals surface area contributed by atoms with Crippen molar-refractivity contribution in [2.75, 3.05) is 24.2 Å². The van der Waals surface area contributed by atoms with Crippen molar-refractivity contribution in [1.82, 2.24) is 0 Å². The average Bonchev–Trinajstić information content (AvgIpc) is 3.14. The van der Waals surface area contributed by atoms with E-state index < -0.39 is 11.7 Å². The molecule has 0 saturated heterocycles. The molecule has 0 bridgehead atoms. The number of anilines is 1. The van der Waals surface area contributed by atoms with Crippen LogP contribution < -0.4 is 28.9 Å². The summed E-state index contributed by atoms with van der Waals surface area (Å²) < 4.78 is 41.7. The van der Waals surface area contributed by atoms with E-state index in [2.05, 4.69) is 0 Å². The van der Waals surface area contributed by atoms with Crippen molar-refractivity contribution in [3.05, 3.63) is 45.8 Å². The molecular weight excluding hydrogens is 540 g/mol. The van der Waals surface area contributed by atoms with Crippen LogP contribution in [0.4, 0.5) is 18.9 Å². The number of alkyl halides is 3. The molecule has 3 nitrogen and oxygen atoms in total. The molecule has 0 aromatic heterocycles. The first-order valence-corrected chi connectivity index (χ1v) is 11.1. The van der Waals surface area contributed by atoms with Crippen LogP contribution in [0.3, 0.4) is 0 Å². The summed E-state index contributed by atoms with van der Waals surface area (Å²) in [4.78, 5) is 15.7. The number of likely N-dealkylation sites (N-methyl/N-ethyl adjacent to an activating group) is 1. The number of allylic oxidation sites excluding steroid dienone is 2. The number of amides is 1. The zero-order valence-electron chi connectivity index (χ0n) is 15.3. The highest BCUT2D eigenvalue weighted by molar-refractivity contribution is 8.40. The zero-order chi connectivity index (χ0) is 19.8. The van der Waals surface area contributed by atoms with Crippen LogP contribution in [0.1, 0.15) is 19.4 Å². The van der Waals surface area contributed by atoms with Crippen LogP contribution in [0.15, 0.2) is 45.2 Å². The van der Waals surface area contributed by atoms with Crippen LogP contribution in [0.2, 0.25) is 0 Å². The van der Waals surface area contributed by atoms with Gasteiger partial charge in [-0.2, -0.15) is 13.2 Å². The topological polar surface area (TPSA) is 23.3 Å². The molecule has 0 N–H and O–H groups in total. The monoisotopic (exact) mass is 558 g/mol. The van der Waals surface area contributed by atoms with E-state index in [1.807, 2.05) is 31.1 Å². The van der Waals surface area contributed by atoms with Crippen molar-refractivity contribution in [3.8, 4) is 0 Å². The zero-order valence-corrected chi connectivity index (χ0v) is 19.9. The van der Waals surface area contributed by atoms with E-state index in [-0.39, 0.29) is 29.9 Å². The highest BCUT2D eigenvalue weighted by Gasteiger charge is 2.37. The lowest BCUT2D eigenvalue weighted by Crippen LogP contribution is -3.00. The second-order valence-electron chi connectivity index (χ2n) is 5.68. The smallest absolute Gasteiger partial charge is 0.427 e. The number of fused-ring (bicyclic) bond motifs is 1. The highest BCUT2D eigenvalue weighted by Crippen LogP contribution is 2.48. The molecule has 0 aliphatic carbocycles. The average molecular weight is 558 g/mol. The van der Waals surface area contributed by atoms with Crippen molar-refractivity contribution in [2.45, 2.75) is 24.9 Å². The maximum Gasteiger partial charge on any atom is 0.427 e. The molecule has 0 fully saturated rings. The first kappa shape index (κ1) is 23.7. The van der Waals surface area contributed by atoms with Crippen molar-refractivity contribution in [2.24, 2.45) is 0 Å². The van der Waals surface area contributed by atoms with Gasteiger partial charge in [0.2, 0.25) is 0 Å². The summed E-state index contributed by atoms with van der Waals surface area (Å²) in [6.45, 7) is 4.97. The van der Waals surface area contributed by atoms with E-state index >= 15 is 0 Å². The second-order valence-corrected chi connectivity index (χ2v) is 8.83. The fourth-order valence-electron chi connectivity index (χ4n) is 2.81. The third kappa shape index (κ3) is 4.59. The first-order chi connectivity index (χ1) is 12.8. The summed E-state index contributed by atoms with van der Waals surface area (Å²) in [6.07, 6.45) is 1.15. The number of hydrogen-bond donors (Lipinski definition) is 0. The molecule has 2 aliphatic rings. The Morgan fingerprint density at radius 1 is 1.21 bits per heavy atom. The van der Waals surface area contributed by atoms with Crippen molar-refractivity contribution in [3.63, 3.8) is 0 Å². The van der Waals surface area contributed by atoms with Gasteiger partial charge in [-0.05, 0) is 62.2 Å². The lowest BCUT2D eigenvalue weighted by Gasteiger charge is -2.18. The third-order valence-electron chi connectivity index (χ3n) is 4.12. The Hall–Kier alpha value is -0.590. The molecule has 152 valence electrons. The molecule has 2 heterocycles. The van der Waals surface area contributed by atoms with Gasteiger partial charge >= 0.3 is 12.1 Å². The summed E-state index contributed by atoms with van der Waals surface area (Å²) in [5.74, 6) is -0.0355. The minimum atomic E-state index is -4.37. The van der Waals surface area contributed by atoms with Gasteiger partial charge in [0.15, 0.2) is 6.54 Å². The number of carbonyl (C=O) groups excluding carboxylic acids is 1. The molecule has 0 atom stereocenters. The number of halogens is 4. The molecule has 28 heavy (non-hydrogen) atoms. The molecule has 1 aromatic carbocycles. The molecular formula is C18H18F3IN2OS3. The Kier molecular flexibility index (Phi) is 8.02. The van der Waals surface area contributed by atoms with Crippen LogP contribution >= 0.6 is 35.3 Å². The molecule has 10 heteroatoms. The van der Waals surface area contributed by atoms with Crippen LogP contribution in [-0.4, -0.2) is 34.2 Å². The van der Waals surface area contributed by atoms with Gasteiger partial charge in [-0.15, -0.1) is 4.58 Å². The standard InChI is InChI=1S/C18H18F3N2OS3.HI/c1-4-22-12-10-11(18(19,20)21)6-7-13(12)26-15(22)9-8-14-16(24)23(5-2)17(25-3)27-14;/h6-10H,4-5H2,1-3H3;1H/q+1;/p-1/b14-8-,15-9-;. The van der Waals surface area contributed by atoms with Gasteiger partial charge in [0.1, 0.15) is 4.91 Å². The van der Waals surface area contributed by atoms with Crippen LogP contribution in [0.25, 0.3) is 0 Å². The lowest BCUT2D eigenvalue weighted by atomic mass is 10.2. The molecule has 0 saturated carbocycles. The SMILES string of the molecule is CCN1/C(=C/C=C2\SC(SC)=[N+](CC)C2=O)Sc2ccc(C(F)(F)F)cc21.[I-]. The van der Waals surface area contributed by atoms with E-state index in [4.69, 9.17) is 0 Å². The minimum Gasteiger partial charge on any atom is -1.00 e. The quantitative estimate of drug-likeness (QED) is 0.322.